The maximum absolute atomic E-state index is 12.7. The maximum atomic E-state index is 12.7. The van der Waals surface area contributed by atoms with Crippen molar-refractivity contribution >= 4 is 23.4 Å². The molecule has 0 radical (unpaired) electrons. The van der Waals surface area contributed by atoms with Crippen LogP contribution in [0.5, 0.6) is 0 Å². The number of alkyl halides is 3. The van der Waals surface area contributed by atoms with E-state index in [0.717, 1.165) is 12.3 Å². The summed E-state index contributed by atoms with van der Waals surface area (Å²) >= 11 is 0. The first-order valence-corrected chi connectivity index (χ1v) is 6.86. The van der Waals surface area contributed by atoms with Gasteiger partial charge in [0.25, 0.3) is 0 Å². The molecule has 0 atom stereocenters. The molecule has 0 bridgehead atoms. The Labute approximate surface area is 139 Å². The molecule has 25 heavy (non-hydrogen) atoms. The first kappa shape index (κ1) is 16.4. The number of rotatable bonds is 3. The van der Waals surface area contributed by atoms with E-state index in [0.29, 0.717) is 5.69 Å². The second kappa shape index (κ2) is 6.19. The third-order valence-electron chi connectivity index (χ3n) is 2.96. The summed E-state index contributed by atoms with van der Waals surface area (Å²) in [5.74, 6) is 0.232. The zero-order valence-corrected chi connectivity index (χ0v) is 12.5. The predicted octanol–water partition coefficient (Wildman–Crippen LogP) is 2.26. The Bertz CT molecular complexity index is 913. The number of nitrogen functional groups attached to an aromatic ring is 2. The van der Waals surface area contributed by atoms with Gasteiger partial charge in [0.1, 0.15) is 17.2 Å². The fraction of sp³-hybridized carbons (Fsp3) is 0.0714. The smallest absolute Gasteiger partial charge is 0.384 e. The quantitative estimate of drug-likeness (QED) is 0.657. The minimum Gasteiger partial charge on any atom is -0.384 e. The fourth-order valence-electron chi connectivity index (χ4n) is 1.93. The van der Waals surface area contributed by atoms with Crippen molar-refractivity contribution in [2.24, 2.45) is 0 Å². The Morgan fingerprint density at radius 1 is 0.960 bits per heavy atom. The second-order valence-corrected chi connectivity index (χ2v) is 4.84. The molecule has 8 nitrogen and oxygen atoms in total. The standard InChI is InChI=1S/C14H11F3N8/c15-14(16,17)9-6-7(4-5-20-9)21-13-24-11(23-12(19)25-13)8-2-1-3-10(18)22-8/h1-6H,(H2,18,22)(H3,19,20,21,23,24,25). The molecule has 0 aliphatic carbocycles. The molecule has 3 rings (SSSR count). The molecular weight excluding hydrogens is 337 g/mol. The van der Waals surface area contributed by atoms with Crippen LogP contribution in [0, 0.1) is 0 Å². The summed E-state index contributed by atoms with van der Waals surface area (Å²) in [4.78, 5) is 19.2. The van der Waals surface area contributed by atoms with Crippen LogP contribution in [-0.4, -0.2) is 24.9 Å². The van der Waals surface area contributed by atoms with E-state index in [9.17, 15) is 13.2 Å². The molecule has 11 heteroatoms. The van der Waals surface area contributed by atoms with Crippen LogP contribution in [0.1, 0.15) is 5.69 Å². The van der Waals surface area contributed by atoms with Crippen molar-refractivity contribution in [2.45, 2.75) is 6.18 Å². The first-order chi connectivity index (χ1) is 11.8. The Morgan fingerprint density at radius 3 is 2.48 bits per heavy atom. The highest BCUT2D eigenvalue weighted by Gasteiger charge is 2.32. The average molecular weight is 348 g/mol. The number of hydrogen-bond donors (Lipinski definition) is 3. The summed E-state index contributed by atoms with van der Waals surface area (Å²) < 4.78 is 38.2. The van der Waals surface area contributed by atoms with E-state index in [-0.39, 0.29) is 29.2 Å². The van der Waals surface area contributed by atoms with E-state index in [1.54, 1.807) is 18.2 Å². The SMILES string of the molecule is Nc1cccc(-c2nc(N)nc(Nc3ccnc(C(F)(F)F)c3)n2)n1. The van der Waals surface area contributed by atoms with Gasteiger partial charge in [0.05, 0.1) is 0 Å². The Kier molecular flexibility index (Phi) is 4.05. The van der Waals surface area contributed by atoms with Crippen LogP contribution in [0.15, 0.2) is 36.5 Å². The summed E-state index contributed by atoms with van der Waals surface area (Å²) in [6.07, 6.45) is -3.54. The van der Waals surface area contributed by atoms with Crippen LogP contribution in [0.2, 0.25) is 0 Å². The van der Waals surface area contributed by atoms with E-state index in [1.165, 1.54) is 6.07 Å². The van der Waals surface area contributed by atoms with E-state index in [1.807, 2.05) is 0 Å². The normalized spacial score (nSPS) is 11.3. The molecule has 3 aromatic rings. The lowest BCUT2D eigenvalue weighted by Gasteiger charge is -2.10. The molecule has 0 aromatic carbocycles. The summed E-state index contributed by atoms with van der Waals surface area (Å²) in [5.41, 5.74) is 10.6. The zero-order chi connectivity index (χ0) is 18.0. The van der Waals surface area contributed by atoms with Crippen molar-refractivity contribution in [1.29, 1.82) is 0 Å². The van der Waals surface area contributed by atoms with Gasteiger partial charge in [0, 0.05) is 11.9 Å². The highest BCUT2D eigenvalue weighted by Crippen LogP contribution is 2.29. The molecule has 0 amide bonds. The third-order valence-corrected chi connectivity index (χ3v) is 2.96. The van der Waals surface area contributed by atoms with E-state index < -0.39 is 11.9 Å². The van der Waals surface area contributed by atoms with Crippen molar-refractivity contribution < 1.29 is 13.2 Å². The van der Waals surface area contributed by atoms with Gasteiger partial charge in [0.15, 0.2) is 5.82 Å². The van der Waals surface area contributed by atoms with Crippen LogP contribution >= 0.6 is 0 Å². The van der Waals surface area contributed by atoms with Gasteiger partial charge in [-0.1, -0.05) is 6.07 Å². The Morgan fingerprint density at radius 2 is 1.76 bits per heavy atom. The molecule has 3 aromatic heterocycles. The molecule has 0 aliphatic rings. The number of hydrogen-bond acceptors (Lipinski definition) is 8. The van der Waals surface area contributed by atoms with Gasteiger partial charge in [-0.2, -0.15) is 28.1 Å². The van der Waals surface area contributed by atoms with Gasteiger partial charge in [-0.05, 0) is 24.3 Å². The summed E-state index contributed by atoms with van der Waals surface area (Å²) in [5, 5.41) is 2.64. The zero-order valence-electron chi connectivity index (χ0n) is 12.5. The van der Waals surface area contributed by atoms with Gasteiger partial charge in [-0.3, -0.25) is 4.98 Å². The lowest BCUT2D eigenvalue weighted by molar-refractivity contribution is -0.141. The van der Waals surface area contributed by atoms with Crippen molar-refractivity contribution in [1.82, 2.24) is 24.9 Å². The molecule has 0 spiro atoms. The highest BCUT2D eigenvalue weighted by atomic mass is 19.4. The number of anilines is 4. The van der Waals surface area contributed by atoms with Crippen molar-refractivity contribution in [3.8, 4) is 11.5 Å². The molecular formula is C14H11F3N8. The number of nitrogens with zero attached hydrogens (tertiary/aromatic N) is 5. The van der Waals surface area contributed by atoms with Gasteiger partial charge in [0.2, 0.25) is 11.9 Å². The highest BCUT2D eigenvalue weighted by molar-refractivity contribution is 5.59. The number of halogens is 3. The molecule has 128 valence electrons. The summed E-state index contributed by atoms with van der Waals surface area (Å²) in [7, 11) is 0. The van der Waals surface area contributed by atoms with Crippen LogP contribution in [0.4, 0.5) is 36.6 Å². The second-order valence-electron chi connectivity index (χ2n) is 4.84. The van der Waals surface area contributed by atoms with Crippen molar-refractivity contribution in [3.05, 3.63) is 42.2 Å². The first-order valence-electron chi connectivity index (χ1n) is 6.86. The molecule has 0 aliphatic heterocycles. The number of nitrogens with one attached hydrogen (secondary N) is 1. The molecule has 0 saturated carbocycles. The number of nitrogens with two attached hydrogens (primary N) is 2. The molecule has 3 heterocycles. The largest absolute Gasteiger partial charge is 0.433 e. The monoisotopic (exact) mass is 348 g/mol. The van der Waals surface area contributed by atoms with Gasteiger partial charge < -0.3 is 16.8 Å². The predicted molar refractivity (Wildman–Crippen MR) is 84.4 cm³/mol. The maximum Gasteiger partial charge on any atom is 0.433 e. The molecule has 0 fully saturated rings. The number of pyridine rings is 2. The van der Waals surface area contributed by atoms with Crippen molar-refractivity contribution in [2.75, 3.05) is 16.8 Å². The molecule has 0 unspecified atom stereocenters. The Balaban J connectivity index is 1.94. The van der Waals surface area contributed by atoms with E-state index in [2.05, 4.69) is 30.2 Å². The average Bonchev–Trinajstić information content (AvgIpc) is 2.54. The minimum atomic E-state index is -4.56. The fourth-order valence-corrected chi connectivity index (χ4v) is 1.93. The molecule has 0 saturated heterocycles. The topological polar surface area (TPSA) is 129 Å². The lowest BCUT2D eigenvalue weighted by atomic mass is 10.3. The van der Waals surface area contributed by atoms with Gasteiger partial charge >= 0.3 is 6.18 Å². The number of aromatic nitrogens is 5. The van der Waals surface area contributed by atoms with E-state index >= 15 is 0 Å². The lowest BCUT2D eigenvalue weighted by Crippen LogP contribution is -2.09. The minimum absolute atomic E-state index is 0.0361. The summed E-state index contributed by atoms with van der Waals surface area (Å²) in [6.45, 7) is 0. The van der Waals surface area contributed by atoms with Gasteiger partial charge in [-0.15, -0.1) is 0 Å². The Hall–Kier alpha value is -3.50. The van der Waals surface area contributed by atoms with Crippen molar-refractivity contribution in [3.63, 3.8) is 0 Å². The van der Waals surface area contributed by atoms with Crippen LogP contribution in [0.25, 0.3) is 11.5 Å². The van der Waals surface area contributed by atoms with E-state index in [4.69, 9.17) is 11.5 Å². The van der Waals surface area contributed by atoms with Crippen LogP contribution in [0.3, 0.4) is 0 Å². The molecule has 5 N–H and O–H groups in total. The summed E-state index contributed by atoms with van der Waals surface area (Å²) in [6, 6.07) is 7.03. The third kappa shape index (κ3) is 3.88. The van der Waals surface area contributed by atoms with Crippen LogP contribution < -0.4 is 16.8 Å². The van der Waals surface area contributed by atoms with Gasteiger partial charge in [-0.25, -0.2) is 4.98 Å². The van der Waals surface area contributed by atoms with Crippen LogP contribution in [-0.2, 0) is 6.18 Å².